The van der Waals surface area contributed by atoms with Gasteiger partial charge < -0.3 is 0 Å². The van der Waals surface area contributed by atoms with E-state index >= 15 is 0 Å². The Balaban J connectivity index is 3.03. The molecule has 0 heterocycles. The van der Waals surface area contributed by atoms with Crippen LogP contribution in [0.15, 0.2) is 29.8 Å². The van der Waals surface area contributed by atoms with E-state index in [1.165, 1.54) is 0 Å². The van der Waals surface area contributed by atoms with Gasteiger partial charge in [-0.05, 0) is 30.2 Å². The average molecular weight is 320 g/mol. The van der Waals surface area contributed by atoms with Gasteiger partial charge in [-0.3, -0.25) is 0 Å². The monoisotopic (exact) mass is 320 g/mol. The maximum absolute atomic E-state index is 12.8. The van der Waals surface area contributed by atoms with Gasteiger partial charge in [0.2, 0.25) is 0 Å². The van der Waals surface area contributed by atoms with E-state index in [4.69, 9.17) is 0 Å². The van der Waals surface area contributed by atoms with Crippen molar-refractivity contribution in [1.82, 2.24) is 0 Å². The lowest BCUT2D eigenvalue weighted by atomic mass is 10.1. The minimum atomic E-state index is -4.64. The molecule has 0 aromatic heterocycles. The Bertz CT molecular complexity index is 564. The maximum Gasteiger partial charge on any atom is 0.424 e. The van der Waals surface area contributed by atoms with Gasteiger partial charge in [0.1, 0.15) is 5.57 Å². The molecule has 0 nitrogen and oxygen atoms in total. The molecular weight excluding hydrogens is 306 g/mol. The van der Waals surface area contributed by atoms with Gasteiger partial charge in [-0.25, -0.2) is 0 Å². The zero-order chi connectivity index (χ0) is 16.8. The van der Waals surface area contributed by atoms with Crippen molar-refractivity contribution in [2.45, 2.75) is 38.5 Å². The molecule has 0 aliphatic rings. The smallest absolute Gasteiger partial charge is 0.166 e. The molecule has 0 bridgehead atoms. The van der Waals surface area contributed by atoms with Gasteiger partial charge in [-0.15, -0.1) is 0 Å². The summed E-state index contributed by atoms with van der Waals surface area (Å²) in [6.07, 6.45) is -6.55. The molecule has 120 valence electrons. The molecule has 1 aromatic carbocycles. The molecule has 0 atom stereocenters. The SMILES string of the molecule is CCCCC#C/C(=C/c1ccc(C(F)(F)F)cc1)C(F)(F)F. The molecule has 0 saturated heterocycles. The molecule has 0 unspecified atom stereocenters. The van der Waals surface area contributed by atoms with Crippen LogP contribution in [0.4, 0.5) is 26.3 Å². The molecule has 0 aliphatic carbocycles. The van der Waals surface area contributed by atoms with Crippen LogP contribution in [0.3, 0.4) is 0 Å². The van der Waals surface area contributed by atoms with Crippen molar-refractivity contribution < 1.29 is 26.3 Å². The molecule has 1 aromatic rings. The van der Waals surface area contributed by atoms with E-state index in [0.29, 0.717) is 12.8 Å². The summed E-state index contributed by atoms with van der Waals surface area (Å²) in [5.41, 5.74) is -1.96. The first kappa shape index (κ1) is 18.1. The van der Waals surface area contributed by atoms with Crippen LogP contribution in [0.5, 0.6) is 0 Å². The summed E-state index contributed by atoms with van der Waals surface area (Å²) in [6.45, 7) is 1.89. The zero-order valence-electron chi connectivity index (χ0n) is 11.8. The first-order valence-corrected chi connectivity index (χ1v) is 6.59. The van der Waals surface area contributed by atoms with E-state index in [0.717, 1.165) is 36.8 Å². The molecule has 0 spiro atoms. The molecule has 22 heavy (non-hydrogen) atoms. The van der Waals surface area contributed by atoms with Crippen molar-refractivity contribution in [3.63, 3.8) is 0 Å². The van der Waals surface area contributed by atoms with Crippen LogP contribution in [-0.2, 0) is 6.18 Å². The number of unbranched alkanes of at least 4 members (excludes halogenated alkanes) is 2. The maximum atomic E-state index is 12.8. The quantitative estimate of drug-likeness (QED) is 0.372. The number of rotatable bonds is 3. The van der Waals surface area contributed by atoms with E-state index in [-0.39, 0.29) is 5.56 Å². The van der Waals surface area contributed by atoms with Crippen molar-refractivity contribution in [3.05, 3.63) is 41.0 Å². The topological polar surface area (TPSA) is 0 Å². The second-order valence-electron chi connectivity index (χ2n) is 4.58. The molecule has 0 amide bonds. The van der Waals surface area contributed by atoms with Gasteiger partial charge >= 0.3 is 12.4 Å². The standard InChI is InChI=1S/C16H14F6/c1-2-3-4-5-6-14(16(20,21)22)11-12-7-9-13(10-8-12)15(17,18)19/h7-11H,2-4H2,1H3/b14-11-. The Kier molecular flexibility index (Phi) is 6.10. The number of hydrogen-bond donors (Lipinski definition) is 0. The summed E-state index contributed by atoms with van der Waals surface area (Å²) < 4.78 is 75.7. The normalized spacial score (nSPS) is 12.8. The molecule has 0 radical (unpaired) electrons. The fourth-order valence-corrected chi connectivity index (χ4v) is 1.55. The number of allylic oxidation sites excluding steroid dienone is 1. The Hall–Kier alpha value is -1.90. The predicted octanol–water partition coefficient (Wildman–Crippen LogP) is 5.84. The minimum absolute atomic E-state index is 0.0186. The van der Waals surface area contributed by atoms with Crippen molar-refractivity contribution in [2.24, 2.45) is 0 Å². The third-order valence-electron chi connectivity index (χ3n) is 2.73. The van der Waals surface area contributed by atoms with Gasteiger partial charge in [-0.1, -0.05) is 37.3 Å². The average Bonchev–Trinajstić information content (AvgIpc) is 2.40. The van der Waals surface area contributed by atoms with Crippen LogP contribution >= 0.6 is 0 Å². The van der Waals surface area contributed by atoms with Crippen LogP contribution in [-0.4, -0.2) is 6.18 Å². The summed E-state index contributed by atoms with van der Waals surface area (Å²) in [5, 5.41) is 0. The van der Waals surface area contributed by atoms with Crippen molar-refractivity contribution in [2.75, 3.05) is 0 Å². The van der Waals surface area contributed by atoms with Gasteiger partial charge in [0, 0.05) is 6.42 Å². The first-order valence-electron chi connectivity index (χ1n) is 6.59. The number of hydrogen-bond acceptors (Lipinski definition) is 0. The first-order chi connectivity index (χ1) is 10.1. The number of benzene rings is 1. The van der Waals surface area contributed by atoms with E-state index in [2.05, 4.69) is 11.8 Å². The van der Waals surface area contributed by atoms with Gasteiger partial charge in [0.05, 0.1) is 5.56 Å². The summed E-state index contributed by atoms with van der Waals surface area (Å²) in [6, 6.07) is 3.46. The Labute approximate surface area is 124 Å². The Morgan fingerprint density at radius 3 is 2.09 bits per heavy atom. The molecule has 0 N–H and O–H groups in total. The second-order valence-corrected chi connectivity index (χ2v) is 4.58. The van der Waals surface area contributed by atoms with E-state index in [1.807, 2.05) is 6.92 Å². The van der Waals surface area contributed by atoms with Crippen LogP contribution in [0.25, 0.3) is 6.08 Å². The largest absolute Gasteiger partial charge is 0.424 e. The number of alkyl halides is 6. The summed E-state index contributed by atoms with van der Waals surface area (Å²) in [5.74, 6) is 4.48. The lowest BCUT2D eigenvalue weighted by molar-refractivity contribution is -0.137. The van der Waals surface area contributed by atoms with E-state index in [9.17, 15) is 26.3 Å². The lowest BCUT2D eigenvalue weighted by Crippen LogP contribution is -2.10. The lowest BCUT2D eigenvalue weighted by Gasteiger charge is -2.08. The van der Waals surface area contributed by atoms with Crippen LogP contribution in [0, 0.1) is 11.8 Å². The molecule has 6 heteroatoms. The Morgan fingerprint density at radius 1 is 1.05 bits per heavy atom. The fourth-order valence-electron chi connectivity index (χ4n) is 1.55. The fraction of sp³-hybridized carbons (Fsp3) is 0.375. The second kappa shape index (κ2) is 7.39. The van der Waals surface area contributed by atoms with Crippen molar-refractivity contribution in [3.8, 4) is 11.8 Å². The molecular formula is C16H14F6. The Morgan fingerprint density at radius 2 is 1.64 bits per heavy atom. The highest BCUT2D eigenvalue weighted by Crippen LogP contribution is 2.30. The molecule has 0 aliphatic heterocycles. The van der Waals surface area contributed by atoms with Crippen LogP contribution < -0.4 is 0 Å². The van der Waals surface area contributed by atoms with Gasteiger partial charge in [-0.2, -0.15) is 26.3 Å². The highest BCUT2D eigenvalue weighted by atomic mass is 19.4. The summed E-state index contributed by atoms with van der Waals surface area (Å²) >= 11 is 0. The number of halogens is 6. The summed E-state index contributed by atoms with van der Waals surface area (Å²) in [4.78, 5) is 0. The summed E-state index contributed by atoms with van der Waals surface area (Å²) in [7, 11) is 0. The third-order valence-corrected chi connectivity index (χ3v) is 2.73. The molecule has 1 rings (SSSR count). The van der Waals surface area contributed by atoms with Crippen molar-refractivity contribution >= 4 is 6.08 Å². The van der Waals surface area contributed by atoms with Crippen LogP contribution in [0.1, 0.15) is 37.3 Å². The predicted molar refractivity (Wildman–Crippen MR) is 72.8 cm³/mol. The third kappa shape index (κ3) is 5.84. The zero-order valence-corrected chi connectivity index (χ0v) is 11.8. The van der Waals surface area contributed by atoms with Gasteiger partial charge in [0.25, 0.3) is 0 Å². The molecule has 0 fully saturated rings. The van der Waals surface area contributed by atoms with E-state index in [1.54, 1.807) is 0 Å². The van der Waals surface area contributed by atoms with Crippen LogP contribution in [0.2, 0.25) is 0 Å². The highest BCUT2D eigenvalue weighted by Gasteiger charge is 2.33. The molecule has 0 saturated carbocycles. The van der Waals surface area contributed by atoms with Gasteiger partial charge in [0.15, 0.2) is 0 Å². The highest BCUT2D eigenvalue weighted by molar-refractivity contribution is 5.60. The van der Waals surface area contributed by atoms with E-state index < -0.39 is 23.5 Å². The minimum Gasteiger partial charge on any atom is -0.166 e. The van der Waals surface area contributed by atoms with Crippen molar-refractivity contribution in [1.29, 1.82) is 0 Å².